The third kappa shape index (κ3) is 5.37. The van der Waals surface area contributed by atoms with E-state index in [1.54, 1.807) is 48.5 Å². The first-order valence-corrected chi connectivity index (χ1v) is 10.5. The van der Waals surface area contributed by atoms with Crippen molar-refractivity contribution in [1.82, 2.24) is 4.83 Å². The van der Waals surface area contributed by atoms with Crippen molar-refractivity contribution in [2.75, 3.05) is 7.11 Å². The predicted molar refractivity (Wildman–Crippen MR) is 114 cm³/mol. The quantitative estimate of drug-likeness (QED) is 0.258. The summed E-state index contributed by atoms with van der Waals surface area (Å²) in [6.45, 7) is 0. The Bertz CT molecular complexity index is 1160. The molecule has 30 heavy (non-hydrogen) atoms. The van der Waals surface area contributed by atoms with Crippen LogP contribution in [0.5, 0.6) is 11.5 Å². The van der Waals surface area contributed by atoms with Crippen molar-refractivity contribution in [3.8, 4) is 11.5 Å². The van der Waals surface area contributed by atoms with Crippen LogP contribution in [0.15, 0.2) is 82.8 Å². The van der Waals surface area contributed by atoms with Gasteiger partial charge in [-0.3, -0.25) is 0 Å². The van der Waals surface area contributed by atoms with E-state index >= 15 is 0 Å². The van der Waals surface area contributed by atoms with Crippen molar-refractivity contribution in [2.24, 2.45) is 5.10 Å². The molecule has 0 saturated heterocycles. The molecule has 0 radical (unpaired) electrons. The second kappa shape index (κ2) is 9.43. The summed E-state index contributed by atoms with van der Waals surface area (Å²) >= 11 is 6.18. The number of methoxy groups -OCH3 is 1. The summed E-state index contributed by atoms with van der Waals surface area (Å²) in [6.07, 6.45) is 1.29. The van der Waals surface area contributed by atoms with Crippen LogP contribution in [0.4, 0.5) is 0 Å². The minimum absolute atomic E-state index is 0.0981. The third-order valence-corrected chi connectivity index (χ3v) is 5.46. The fourth-order valence-electron chi connectivity index (χ4n) is 2.39. The van der Waals surface area contributed by atoms with Crippen LogP contribution in [0, 0.1) is 0 Å². The molecule has 0 spiro atoms. The molecule has 0 unspecified atom stereocenters. The van der Waals surface area contributed by atoms with Crippen molar-refractivity contribution < 1.29 is 22.7 Å². The van der Waals surface area contributed by atoms with E-state index in [9.17, 15) is 13.2 Å². The smallest absolute Gasteiger partial charge is 0.343 e. The minimum atomic E-state index is -3.76. The molecule has 0 aliphatic rings. The summed E-state index contributed by atoms with van der Waals surface area (Å²) in [7, 11) is -2.23. The van der Waals surface area contributed by atoms with E-state index in [0.29, 0.717) is 16.9 Å². The van der Waals surface area contributed by atoms with E-state index in [0.717, 1.165) is 0 Å². The third-order valence-electron chi connectivity index (χ3n) is 3.92. The van der Waals surface area contributed by atoms with Gasteiger partial charge in [0.1, 0.15) is 11.5 Å². The first-order valence-electron chi connectivity index (χ1n) is 8.65. The van der Waals surface area contributed by atoms with E-state index < -0.39 is 16.0 Å². The Hall–Kier alpha value is -3.36. The van der Waals surface area contributed by atoms with Gasteiger partial charge in [0.25, 0.3) is 10.0 Å². The molecule has 0 fully saturated rings. The lowest BCUT2D eigenvalue weighted by molar-refractivity contribution is 0.0735. The number of carbonyl (C=O) groups excluding carboxylic acids is 1. The molecule has 9 heteroatoms. The number of benzene rings is 3. The molecule has 0 atom stereocenters. The summed E-state index contributed by atoms with van der Waals surface area (Å²) in [4.78, 5) is 14.5. The first kappa shape index (κ1) is 21.4. The zero-order chi connectivity index (χ0) is 21.6. The number of nitrogens with one attached hydrogen (secondary N) is 1. The van der Waals surface area contributed by atoms with E-state index in [4.69, 9.17) is 21.1 Å². The van der Waals surface area contributed by atoms with Crippen LogP contribution < -0.4 is 14.3 Å². The van der Waals surface area contributed by atoms with Gasteiger partial charge >= 0.3 is 5.97 Å². The van der Waals surface area contributed by atoms with Crippen LogP contribution in [0.1, 0.15) is 15.9 Å². The van der Waals surface area contributed by atoms with Crippen LogP contribution in [0.3, 0.4) is 0 Å². The van der Waals surface area contributed by atoms with Crippen LogP contribution in [-0.2, 0) is 10.0 Å². The molecule has 7 nitrogen and oxygen atoms in total. The molecule has 3 aromatic rings. The Kier molecular flexibility index (Phi) is 6.71. The second-order valence-electron chi connectivity index (χ2n) is 5.97. The molecule has 0 amide bonds. The number of sulfonamides is 1. The molecule has 3 rings (SSSR count). The maximum atomic E-state index is 12.2. The molecule has 0 heterocycles. The molecule has 154 valence electrons. The van der Waals surface area contributed by atoms with Crippen molar-refractivity contribution in [1.29, 1.82) is 0 Å². The van der Waals surface area contributed by atoms with Crippen molar-refractivity contribution in [2.45, 2.75) is 4.90 Å². The Morgan fingerprint density at radius 3 is 2.37 bits per heavy atom. The Morgan fingerprint density at radius 1 is 1.03 bits per heavy atom. The average Bonchev–Trinajstić information content (AvgIpc) is 2.76. The van der Waals surface area contributed by atoms with Crippen LogP contribution in [0.2, 0.25) is 5.02 Å². The van der Waals surface area contributed by atoms with E-state index in [2.05, 4.69) is 9.93 Å². The number of nitrogens with zero attached hydrogens (tertiary/aromatic N) is 1. The number of hydrazone groups is 1. The Labute approximate surface area is 179 Å². The van der Waals surface area contributed by atoms with Crippen LogP contribution in [0.25, 0.3) is 0 Å². The van der Waals surface area contributed by atoms with Crippen LogP contribution in [-0.4, -0.2) is 27.7 Å². The van der Waals surface area contributed by atoms with Crippen LogP contribution >= 0.6 is 11.6 Å². The molecule has 0 aliphatic heterocycles. The molecule has 3 aromatic carbocycles. The van der Waals surface area contributed by atoms with Gasteiger partial charge in [-0.1, -0.05) is 29.8 Å². The standard InChI is InChI=1S/C21H17ClN2O5S/c1-28-17-10-8-16(9-11-17)21(25)29-20-12-7-15(13-19(20)22)14-23-24-30(26,27)18-5-3-2-4-6-18/h2-14,24H,1H3/b23-14+. The fraction of sp³-hybridized carbons (Fsp3) is 0.0476. The minimum Gasteiger partial charge on any atom is -0.497 e. The van der Waals surface area contributed by atoms with Gasteiger partial charge in [0.15, 0.2) is 0 Å². The number of hydrogen-bond acceptors (Lipinski definition) is 6. The maximum Gasteiger partial charge on any atom is 0.343 e. The monoisotopic (exact) mass is 444 g/mol. The van der Waals surface area contributed by atoms with Crippen molar-refractivity contribution >= 4 is 33.8 Å². The SMILES string of the molecule is COc1ccc(C(=O)Oc2ccc(/C=N/NS(=O)(=O)c3ccccc3)cc2Cl)cc1. The lowest BCUT2D eigenvalue weighted by Gasteiger charge is -2.07. The zero-order valence-electron chi connectivity index (χ0n) is 15.8. The summed E-state index contributed by atoms with van der Waals surface area (Å²) in [6, 6.07) is 18.9. The normalized spacial score (nSPS) is 11.3. The number of rotatable bonds is 7. The van der Waals surface area contributed by atoms with Gasteiger partial charge in [0.05, 0.1) is 28.8 Å². The summed E-state index contributed by atoms with van der Waals surface area (Å²) < 4.78 is 34.6. The molecule has 0 bridgehead atoms. The summed E-state index contributed by atoms with van der Waals surface area (Å²) in [5, 5.41) is 3.92. The number of carbonyl (C=O) groups is 1. The molecule has 0 saturated carbocycles. The lowest BCUT2D eigenvalue weighted by Crippen LogP contribution is -2.18. The number of ether oxygens (including phenoxy) is 2. The summed E-state index contributed by atoms with van der Waals surface area (Å²) in [5.74, 6) is 0.215. The van der Waals surface area contributed by atoms with Crippen molar-refractivity contribution in [3.63, 3.8) is 0 Å². The largest absolute Gasteiger partial charge is 0.497 e. The summed E-state index contributed by atoms with van der Waals surface area (Å²) in [5.41, 5.74) is 0.854. The highest BCUT2D eigenvalue weighted by atomic mass is 35.5. The molecule has 0 aromatic heterocycles. The van der Waals surface area contributed by atoms with Gasteiger partial charge in [-0.05, 0) is 60.2 Å². The van der Waals surface area contributed by atoms with Gasteiger partial charge in [0.2, 0.25) is 0 Å². The number of halogens is 1. The van der Waals surface area contributed by atoms with Gasteiger partial charge in [-0.2, -0.15) is 13.5 Å². The molecular formula is C21H17ClN2O5S. The van der Waals surface area contributed by atoms with E-state index in [1.807, 2.05) is 0 Å². The van der Waals surface area contributed by atoms with E-state index in [-0.39, 0.29) is 15.7 Å². The second-order valence-corrected chi connectivity index (χ2v) is 8.04. The molecule has 1 N–H and O–H groups in total. The molecule has 0 aliphatic carbocycles. The van der Waals surface area contributed by atoms with Crippen molar-refractivity contribution in [3.05, 3.63) is 88.9 Å². The van der Waals surface area contributed by atoms with Gasteiger partial charge < -0.3 is 9.47 Å². The number of esters is 1. The average molecular weight is 445 g/mol. The highest BCUT2D eigenvalue weighted by Gasteiger charge is 2.13. The van der Waals surface area contributed by atoms with Gasteiger partial charge in [-0.25, -0.2) is 9.63 Å². The highest BCUT2D eigenvalue weighted by molar-refractivity contribution is 7.89. The fourth-order valence-corrected chi connectivity index (χ4v) is 3.43. The zero-order valence-corrected chi connectivity index (χ0v) is 17.4. The van der Waals surface area contributed by atoms with E-state index in [1.165, 1.54) is 37.6 Å². The van der Waals surface area contributed by atoms with Gasteiger partial charge in [0, 0.05) is 0 Å². The maximum absolute atomic E-state index is 12.2. The number of hydrogen-bond donors (Lipinski definition) is 1. The topological polar surface area (TPSA) is 94.1 Å². The molecular weight excluding hydrogens is 428 g/mol. The first-order chi connectivity index (χ1) is 14.4. The van der Waals surface area contributed by atoms with Gasteiger partial charge in [-0.15, -0.1) is 0 Å². The Morgan fingerprint density at radius 2 is 1.73 bits per heavy atom. The Balaban J connectivity index is 1.66. The predicted octanol–water partition coefficient (Wildman–Crippen LogP) is 3.88. The lowest BCUT2D eigenvalue weighted by atomic mass is 10.2. The highest BCUT2D eigenvalue weighted by Crippen LogP contribution is 2.26.